The van der Waals surface area contributed by atoms with Crippen LogP contribution in [0.25, 0.3) is 0 Å². The summed E-state index contributed by atoms with van der Waals surface area (Å²) in [5.74, 6) is 1.58. The molecular formula is C24H25N5O2. The Balaban J connectivity index is 1.63. The van der Waals surface area contributed by atoms with E-state index < -0.39 is 0 Å². The van der Waals surface area contributed by atoms with E-state index in [4.69, 9.17) is 4.74 Å². The van der Waals surface area contributed by atoms with E-state index in [1.165, 1.54) is 0 Å². The summed E-state index contributed by atoms with van der Waals surface area (Å²) in [6.07, 6.45) is 3.63. The number of anilines is 1. The predicted octanol–water partition coefficient (Wildman–Crippen LogP) is 4.78. The van der Waals surface area contributed by atoms with Crippen LogP contribution in [0.5, 0.6) is 11.5 Å². The van der Waals surface area contributed by atoms with Gasteiger partial charge < -0.3 is 9.64 Å². The Labute approximate surface area is 181 Å². The molecule has 0 saturated heterocycles. The van der Waals surface area contributed by atoms with Crippen molar-refractivity contribution in [3.8, 4) is 17.6 Å². The van der Waals surface area contributed by atoms with Gasteiger partial charge in [-0.3, -0.25) is 9.80 Å². The molecule has 2 aliphatic heterocycles. The second kappa shape index (κ2) is 7.69. The van der Waals surface area contributed by atoms with Crippen molar-refractivity contribution in [3.63, 3.8) is 0 Å². The number of nitrogens with zero attached hydrogens (tertiary/aromatic N) is 5. The highest BCUT2D eigenvalue weighted by molar-refractivity contribution is 5.98. The molecule has 1 saturated carbocycles. The Morgan fingerprint density at radius 3 is 2.71 bits per heavy atom. The first-order chi connectivity index (χ1) is 15.1. The highest BCUT2D eigenvalue weighted by Crippen LogP contribution is 2.46. The lowest BCUT2D eigenvalue weighted by Crippen LogP contribution is -2.43. The molecule has 1 fully saturated rings. The van der Waals surface area contributed by atoms with Crippen molar-refractivity contribution in [1.29, 1.82) is 5.26 Å². The highest BCUT2D eigenvalue weighted by Gasteiger charge is 2.39. The van der Waals surface area contributed by atoms with Crippen LogP contribution in [0.1, 0.15) is 48.9 Å². The lowest BCUT2D eigenvalue weighted by Gasteiger charge is -2.37. The molecule has 0 spiro atoms. The predicted molar refractivity (Wildman–Crippen MR) is 116 cm³/mol. The lowest BCUT2D eigenvalue weighted by atomic mass is 9.91. The standard InChI is InChI=1S/C24H25N5O2/c1-15-7-10-19-21(29(15)24(30)16-8-9-16)12-11-18(20-14-28(2)27-26-20)23(19)31-22-6-4-3-5-17(22)13-25/h3-6,11-12,15-16,20H,7-10,14H2,1-2H3. The number of fused-ring (bicyclic) bond motifs is 1. The quantitative estimate of drug-likeness (QED) is 0.719. The minimum Gasteiger partial charge on any atom is -0.455 e. The molecule has 158 valence electrons. The van der Waals surface area contributed by atoms with Crippen LogP contribution in [0, 0.1) is 17.2 Å². The molecule has 2 aromatic rings. The van der Waals surface area contributed by atoms with Gasteiger partial charge in [0.05, 0.1) is 17.8 Å². The fraction of sp³-hybridized carbons (Fsp3) is 0.417. The van der Waals surface area contributed by atoms with E-state index in [2.05, 4.69) is 23.3 Å². The minimum atomic E-state index is -0.147. The van der Waals surface area contributed by atoms with Gasteiger partial charge in [0.2, 0.25) is 5.91 Å². The second-order valence-corrected chi connectivity index (χ2v) is 8.62. The topological polar surface area (TPSA) is 81.3 Å². The van der Waals surface area contributed by atoms with E-state index >= 15 is 0 Å². The molecule has 3 aliphatic rings. The Kier molecular flexibility index (Phi) is 4.85. The van der Waals surface area contributed by atoms with Gasteiger partial charge in [0, 0.05) is 30.1 Å². The zero-order valence-corrected chi connectivity index (χ0v) is 17.8. The Morgan fingerprint density at radius 1 is 1.19 bits per heavy atom. The van der Waals surface area contributed by atoms with Crippen LogP contribution >= 0.6 is 0 Å². The molecule has 31 heavy (non-hydrogen) atoms. The number of ether oxygens (including phenoxy) is 1. The summed E-state index contributed by atoms with van der Waals surface area (Å²) >= 11 is 0. The van der Waals surface area contributed by atoms with Crippen LogP contribution in [0.2, 0.25) is 0 Å². The summed E-state index contributed by atoms with van der Waals surface area (Å²) in [6, 6.07) is 13.5. The monoisotopic (exact) mass is 415 g/mol. The third kappa shape index (κ3) is 3.52. The van der Waals surface area contributed by atoms with E-state index in [0.717, 1.165) is 42.5 Å². The first kappa shape index (κ1) is 19.6. The van der Waals surface area contributed by atoms with Gasteiger partial charge in [-0.2, -0.15) is 10.4 Å². The van der Waals surface area contributed by atoms with Crippen LogP contribution in [-0.4, -0.2) is 30.6 Å². The fourth-order valence-corrected chi connectivity index (χ4v) is 4.46. The van der Waals surface area contributed by atoms with E-state index in [0.29, 0.717) is 23.6 Å². The van der Waals surface area contributed by atoms with Crippen molar-refractivity contribution in [3.05, 3.63) is 53.1 Å². The van der Waals surface area contributed by atoms with Gasteiger partial charge in [0.15, 0.2) is 0 Å². The normalized spacial score (nSPS) is 22.2. The molecule has 0 bridgehead atoms. The van der Waals surface area contributed by atoms with E-state index in [1.807, 2.05) is 47.3 Å². The Bertz CT molecular complexity index is 1100. The van der Waals surface area contributed by atoms with E-state index in [-0.39, 0.29) is 23.9 Å². The number of nitriles is 1. The van der Waals surface area contributed by atoms with Crippen molar-refractivity contribution < 1.29 is 9.53 Å². The first-order valence-electron chi connectivity index (χ1n) is 10.8. The van der Waals surface area contributed by atoms with Gasteiger partial charge in [-0.25, -0.2) is 0 Å². The Morgan fingerprint density at radius 2 is 2.00 bits per heavy atom. The lowest BCUT2D eigenvalue weighted by molar-refractivity contribution is -0.120. The molecule has 0 N–H and O–H groups in total. The molecule has 2 unspecified atom stereocenters. The maximum atomic E-state index is 13.1. The van der Waals surface area contributed by atoms with E-state index in [9.17, 15) is 10.1 Å². The number of amides is 1. The van der Waals surface area contributed by atoms with Crippen molar-refractivity contribution >= 4 is 11.6 Å². The average molecular weight is 415 g/mol. The molecule has 0 radical (unpaired) electrons. The smallest absolute Gasteiger partial charge is 0.230 e. The highest BCUT2D eigenvalue weighted by atomic mass is 16.5. The SMILES string of the molecule is CC1CCc2c(ccc(C3CN(C)N=N3)c2Oc2ccccc2C#N)N1C(=O)C1CC1. The summed E-state index contributed by atoms with van der Waals surface area (Å²) < 4.78 is 6.44. The molecule has 0 aromatic heterocycles. The van der Waals surface area contributed by atoms with Gasteiger partial charge in [0.1, 0.15) is 23.6 Å². The molecule has 1 aliphatic carbocycles. The van der Waals surface area contributed by atoms with Gasteiger partial charge >= 0.3 is 0 Å². The average Bonchev–Trinajstić information content (AvgIpc) is 3.54. The van der Waals surface area contributed by atoms with Crippen LogP contribution in [-0.2, 0) is 11.2 Å². The van der Waals surface area contributed by atoms with Crippen LogP contribution in [0.4, 0.5) is 5.69 Å². The molecule has 2 atom stereocenters. The minimum absolute atomic E-state index is 0.147. The zero-order valence-electron chi connectivity index (χ0n) is 17.8. The molecule has 7 nitrogen and oxygen atoms in total. The molecule has 2 aromatic carbocycles. The molecule has 2 heterocycles. The largest absolute Gasteiger partial charge is 0.455 e. The summed E-state index contributed by atoms with van der Waals surface area (Å²) in [7, 11) is 1.89. The van der Waals surface area contributed by atoms with Gasteiger partial charge in [-0.15, -0.1) is 0 Å². The van der Waals surface area contributed by atoms with Crippen molar-refractivity contribution in [1.82, 2.24) is 5.01 Å². The van der Waals surface area contributed by atoms with Gasteiger partial charge in [-0.05, 0) is 50.8 Å². The Hall–Kier alpha value is -3.40. The maximum Gasteiger partial charge on any atom is 0.230 e. The van der Waals surface area contributed by atoms with Crippen molar-refractivity contribution in [2.24, 2.45) is 16.3 Å². The summed E-state index contributed by atoms with van der Waals surface area (Å²) in [5.41, 5.74) is 3.36. The number of carbonyl (C=O) groups excluding carboxylic acids is 1. The molecule has 1 amide bonds. The molecule has 7 heteroatoms. The van der Waals surface area contributed by atoms with Crippen LogP contribution in [0.15, 0.2) is 46.7 Å². The van der Waals surface area contributed by atoms with Gasteiger partial charge in [0.25, 0.3) is 0 Å². The number of hydrogen-bond acceptors (Lipinski definition) is 6. The summed E-state index contributed by atoms with van der Waals surface area (Å²) in [5, 5.41) is 19.9. The molecule has 5 rings (SSSR count). The van der Waals surface area contributed by atoms with Crippen LogP contribution < -0.4 is 9.64 Å². The zero-order chi connectivity index (χ0) is 21.5. The fourth-order valence-electron chi connectivity index (χ4n) is 4.46. The van der Waals surface area contributed by atoms with Crippen molar-refractivity contribution in [2.75, 3.05) is 18.5 Å². The molecular weight excluding hydrogens is 390 g/mol. The third-order valence-electron chi connectivity index (χ3n) is 6.30. The summed E-state index contributed by atoms with van der Waals surface area (Å²) in [4.78, 5) is 15.1. The third-order valence-corrected chi connectivity index (χ3v) is 6.30. The first-order valence-corrected chi connectivity index (χ1v) is 10.8. The second-order valence-electron chi connectivity index (χ2n) is 8.62. The van der Waals surface area contributed by atoms with Crippen LogP contribution in [0.3, 0.4) is 0 Å². The number of para-hydroxylation sites is 1. The van der Waals surface area contributed by atoms with E-state index in [1.54, 1.807) is 6.07 Å². The number of likely N-dealkylation sites (N-methyl/N-ethyl adjacent to an activating group) is 1. The summed E-state index contributed by atoms with van der Waals surface area (Å²) in [6.45, 7) is 2.78. The maximum absolute atomic E-state index is 13.1. The van der Waals surface area contributed by atoms with Crippen molar-refractivity contribution in [2.45, 2.75) is 44.7 Å². The number of benzene rings is 2. The van der Waals surface area contributed by atoms with Gasteiger partial charge in [-0.1, -0.05) is 23.4 Å². The number of hydrogen-bond donors (Lipinski definition) is 0. The number of carbonyl (C=O) groups is 1. The number of rotatable bonds is 4.